The summed E-state index contributed by atoms with van der Waals surface area (Å²) in [5, 5.41) is 2.93. The molecule has 1 aliphatic carbocycles. The molecule has 1 amide bonds. The van der Waals surface area contributed by atoms with Crippen LogP contribution < -0.4 is 5.32 Å². The summed E-state index contributed by atoms with van der Waals surface area (Å²) >= 11 is 9.12. The summed E-state index contributed by atoms with van der Waals surface area (Å²) in [5.74, 6) is -3.17. The van der Waals surface area contributed by atoms with Crippen molar-refractivity contribution in [3.05, 3.63) is 27.7 Å². The SMILES string of the molecule is O=C(Nc1ccc(Br)c(Cl)c1)C1CCCCC1C(F)(F)F. The van der Waals surface area contributed by atoms with Crippen LogP contribution in [0.5, 0.6) is 0 Å². The minimum Gasteiger partial charge on any atom is -0.326 e. The lowest BCUT2D eigenvalue weighted by Crippen LogP contribution is -2.39. The van der Waals surface area contributed by atoms with Gasteiger partial charge in [0, 0.05) is 16.1 Å². The molecule has 1 aromatic rings. The van der Waals surface area contributed by atoms with E-state index in [0.29, 0.717) is 28.0 Å². The van der Waals surface area contributed by atoms with E-state index in [4.69, 9.17) is 11.6 Å². The van der Waals surface area contributed by atoms with Gasteiger partial charge in [0.05, 0.1) is 10.9 Å². The number of halogens is 5. The van der Waals surface area contributed by atoms with Gasteiger partial charge in [-0.2, -0.15) is 13.2 Å². The Kier molecular flexibility index (Phi) is 5.20. The minimum absolute atomic E-state index is 0.0165. The largest absolute Gasteiger partial charge is 0.392 e. The van der Waals surface area contributed by atoms with Gasteiger partial charge in [-0.05, 0) is 47.0 Å². The number of anilines is 1. The first kappa shape index (κ1) is 16.6. The van der Waals surface area contributed by atoms with E-state index in [2.05, 4.69) is 21.2 Å². The van der Waals surface area contributed by atoms with Crippen LogP contribution in [0.25, 0.3) is 0 Å². The summed E-state index contributed by atoms with van der Waals surface area (Å²) in [6.07, 6.45) is -2.90. The van der Waals surface area contributed by atoms with Gasteiger partial charge in [0.2, 0.25) is 5.91 Å². The topological polar surface area (TPSA) is 29.1 Å². The highest BCUT2D eigenvalue weighted by atomic mass is 79.9. The highest BCUT2D eigenvalue weighted by molar-refractivity contribution is 9.10. The summed E-state index contributed by atoms with van der Waals surface area (Å²) in [5.41, 5.74) is 0.402. The van der Waals surface area contributed by atoms with Gasteiger partial charge in [0.15, 0.2) is 0 Å². The number of hydrogen-bond donors (Lipinski definition) is 1. The van der Waals surface area contributed by atoms with Crippen LogP contribution in [0.2, 0.25) is 5.02 Å². The predicted molar refractivity (Wildman–Crippen MR) is 79.3 cm³/mol. The van der Waals surface area contributed by atoms with E-state index in [1.807, 2.05) is 0 Å². The van der Waals surface area contributed by atoms with Crippen molar-refractivity contribution in [2.75, 3.05) is 5.32 Å². The first-order valence-corrected chi connectivity index (χ1v) is 7.79. The first-order chi connectivity index (χ1) is 9.79. The Hall–Kier alpha value is -0.750. The van der Waals surface area contributed by atoms with E-state index in [1.54, 1.807) is 12.1 Å². The average molecular weight is 385 g/mol. The summed E-state index contributed by atoms with van der Waals surface area (Å²) < 4.78 is 39.7. The number of nitrogens with one attached hydrogen (secondary N) is 1. The zero-order valence-electron chi connectivity index (χ0n) is 11.0. The number of amides is 1. The molecule has 0 heterocycles. The fourth-order valence-corrected chi connectivity index (χ4v) is 3.07. The third-order valence-electron chi connectivity index (χ3n) is 3.71. The monoisotopic (exact) mass is 383 g/mol. The van der Waals surface area contributed by atoms with Gasteiger partial charge in [-0.3, -0.25) is 4.79 Å². The van der Waals surface area contributed by atoms with Crippen molar-refractivity contribution in [1.29, 1.82) is 0 Å². The van der Waals surface area contributed by atoms with Gasteiger partial charge < -0.3 is 5.32 Å². The molecule has 0 bridgehead atoms. The molecule has 1 aliphatic rings. The first-order valence-electron chi connectivity index (χ1n) is 6.61. The van der Waals surface area contributed by atoms with Crippen molar-refractivity contribution in [1.82, 2.24) is 0 Å². The number of hydrogen-bond acceptors (Lipinski definition) is 1. The second kappa shape index (κ2) is 6.57. The van der Waals surface area contributed by atoms with Crippen LogP contribution in [-0.4, -0.2) is 12.1 Å². The summed E-state index contributed by atoms with van der Waals surface area (Å²) in [7, 11) is 0. The predicted octanol–water partition coefficient (Wildman–Crippen LogP) is 5.41. The second-order valence-electron chi connectivity index (χ2n) is 5.16. The Morgan fingerprint density at radius 1 is 1.29 bits per heavy atom. The molecule has 0 saturated heterocycles. The fraction of sp³-hybridized carbons (Fsp3) is 0.500. The Morgan fingerprint density at radius 2 is 1.95 bits per heavy atom. The fourth-order valence-electron chi connectivity index (χ4n) is 2.65. The molecule has 1 aromatic carbocycles. The van der Waals surface area contributed by atoms with Gasteiger partial charge in [-0.1, -0.05) is 24.4 Å². The Balaban J connectivity index is 2.12. The molecule has 2 nitrogen and oxygen atoms in total. The normalized spacial score (nSPS) is 22.9. The van der Waals surface area contributed by atoms with Crippen LogP contribution in [0.1, 0.15) is 25.7 Å². The highest BCUT2D eigenvalue weighted by Gasteiger charge is 2.48. The quantitative estimate of drug-likeness (QED) is 0.726. The second-order valence-corrected chi connectivity index (χ2v) is 6.42. The van der Waals surface area contributed by atoms with Crippen molar-refractivity contribution < 1.29 is 18.0 Å². The van der Waals surface area contributed by atoms with Crippen molar-refractivity contribution in [2.45, 2.75) is 31.9 Å². The maximum Gasteiger partial charge on any atom is 0.392 e. The average Bonchev–Trinajstić information content (AvgIpc) is 2.42. The van der Waals surface area contributed by atoms with Crippen molar-refractivity contribution >= 4 is 39.1 Å². The molecule has 0 radical (unpaired) electrons. The summed E-state index contributed by atoms with van der Waals surface area (Å²) in [4.78, 5) is 12.2. The lowest BCUT2D eigenvalue weighted by molar-refractivity contribution is -0.197. The molecule has 1 saturated carbocycles. The number of benzene rings is 1. The van der Waals surface area contributed by atoms with Gasteiger partial charge >= 0.3 is 6.18 Å². The van der Waals surface area contributed by atoms with E-state index in [1.165, 1.54) is 6.07 Å². The van der Waals surface area contributed by atoms with Crippen LogP contribution in [0.4, 0.5) is 18.9 Å². The molecule has 0 aliphatic heterocycles. The van der Waals surface area contributed by atoms with Crippen molar-refractivity contribution in [3.63, 3.8) is 0 Å². The Labute approximate surface area is 134 Å². The molecule has 2 atom stereocenters. The number of alkyl halides is 3. The van der Waals surface area contributed by atoms with Gasteiger partial charge in [0.25, 0.3) is 0 Å². The lowest BCUT2D eigenvalue weighted by Gasteiger charge is -2.32. The molecule has 0 aromatic heterocycles. The minimum atomic E-state index is -4.33. The highest BCUT2D eigenvalue weighted by Crippen LogP contribution is 2.42. The molecule has 1 fully saturated rings. The zero-order chi connectivity index (χ0) is 15.6. The van der Waals surface area contributed by atoms with E-state index in [0.717, 1.165) is 0 Å². The van der Waals surface area contributed by atoms with Gasteiger partial charge in [-0.15, -0.1) is 0 Å². The number of rotatable bonds is 2. The van der Waals surface area contributed by atoms with Crippen LogP contribution in [0.15, 0.2) is 22.7 Å². The Bertz CT molecular complexity index is 535. The molecule has 1 N–H and O–H groups in total. The lowest BCUT2D eigenvalue weighted by atomic mass is 9.78. The molecular formula is C14H14BrClF3NO. The van der Waals surface area contributed by atoms with Crippen LogP contribution in [0.3, 0.4) is 0 Å². The maximum absolute atomic E-state index is 13.0. The molecule has 2 unspecified atom stereocenters. The van der Waals surface area contributed by atoms with Gasteiger partial charge in [0.1, 0.15) is 0 Å². The molecule has 0 spiro atoms. The standard InChI is InChI=1S/C14H14BrClF3NO/c15-11-6-5-8(7-12(11)16)20-13(21)9-3-1-2-4-10(9)14(17,18)19/h5-7,9-10H,1-4H2,(H,20,21). The summed E-state index contributed by atoms with van der Waals surface area (Å²) in [6.45, 7) is 0. The van der Waals surface area contributed by atoms with E-state index in [-0.39, 0.29) is 12.8 Å². The maximum atomic E-state index is 13.0. The molecular weight excluding hydrogens is 371 g/mol. The van der Waals surface area contributed by atoms with Crippen LogP contribution in [0, 0.1) is 11.8 Å². The van der Waals surface area contributed by atoms with Crippen molar-refractivity contribution in [2.24, 2.45) is 11.8 Å². The van der Waals surface area contributed by atoms with E-state index >= 15 is 0 Å². The van der Waals surface area contributed by atoms with Crippen molar-refractivity contribution in [3.8, 4) is 0 Å². The third kappa shape index (κ3) is 4.13. The van der Waals surface area contributed by atoms with E-state index in [9.17, 15) is 18.0 Å². The Morgan fingerprint density at radius 3 is 2.57 bits per heavy atom. The van der Waals surface area contributed by atoms with Gasteiger partial charge in [-0.25, -0.2) is 0 Å². The van der Waals surface area contributed by atoms with E-state index < -0.39 is 23.9 Å². The molecule has 116 valence electrons. The smallest absolute Gasteiger partial charge is 0.326 e. The number of carbonyl (C=O) groups excluding carboxylic acids is 1. The third-order valence-corrected chi connectivity index (χ3v) is 4.94. The summed E-state index contributed by atoms with van der Waals surface area (Å²) in [6, 6.07) is 4.74. The van der Waals surface area contributed by atoms with Crippen LogP contribution >= 0.6 is 27.5 Å². The molecule has 7 heteroatoms. The zero-order valence-corrected chi connectivity index (χ0v) is 13.4. The van der Waals surface area contributed by atoms with Crippen LogP contribution in [-0.2, 0) is 4.79 Å². The molecule has 2 rings (SSSR count). The molecule has 21 heavy (non-hydrogen) atoms. The number of carbonyl (C=O) groups is 1.